The second-order valence-electron chi connectivity index (χ2n) is 5.12. The lowest BCUT2D eigenvalue weighted by molar-refractivity contribution is -0.142. The molecule has 1 aromatic rings. The van der Waals surface area contributed by atoms with Crippen molar-refractivity contribution in [3.8, 4) is 5.75 Å². The van der Waals surface area contributed by atoms with Gasteiger partial charge in [0.05, 0.1) is 13.1 Å². The van der Waals surface area contributed by atoms with E-state index in [1.807, 2.05) is 0 Å². The number of ether oxygens (including phenoxy) is 1. The molecule has 2 N–H and O–H groups in total. The maximum Gasteiger partial charge on any atom is 0.320 e. The minimum absolute atomic E-state index is 0. The van der Waals surface area contributed by atoms with Crippen LogP contribution in [0.1, 0.15) is 12.8 Å². The number of amides is 1. The van der Waals surface area contributed by atoms with E-state index in [2.05, 4.69) is 5.32 Å². The highest BCUT2D eigenvalue weighted by Gasteiger charge is 2.31. The number of carboxylic acids is 1. The number of rotatable bonds is 7. The first-order chi connectivity index (χ1) is 10.6. The van der Waals surface area contributed by atoms with Crippen molar-refractivity contribution in [3.05, 3.63) is 30.1 Å². The molecule has 1 aliphatic rings. The first kappa shape index (κ1) is 19.2. The summed E-state index contributed by atoms with van der Waals surface area (Å²) in [6.45, 7) is 1.18. The third-order valence-electron chi connectivity index (χ3n) is 3.48. The molecule has 0 bridgehead atoms. The quantitative estimate of drug-likeness (QED) is 0.727. The van der Waals surface area contributed by atoms with Crippen molar-refractivity contribution < 1.29 is 23.8 Å². The molecule has 23 heavy (non-hydrogen) atoms. The van der Waals surface area contributed by atoms with Gasteiger partial charge in [0.2, 0.25) is 5.91 Å². The Morgan fingerprint density at radius 3 is 2.91 bits per heavy atom. The number of likely N-dealkylation sites (tertiary alicyclic amines) is 1. The number of nitrogens with zero attached hydrogens (tertiary/aromatic N) is 1. The van der Waals surface area contributed by atoms with Gasteiger partial charge in [0.1, 0.15) is 24.2 Å². The van der Waals surface area contributed by atoms with E-state index in [1.54, 1.807) is 17.0 Å². The van der Waals surface area contributed by atoms with Crippen LogP contribution in [0.5, 0.6) is 5.75 Å². The molecule has 1 heterocycles. The molecule has 6 nitrogen and oxygen atoms in total. The first-order valence-corrected chi connectivity index (χ1v) is 7.18. The molecule has 0 saturated carbocycles. The molecule has 1 fully saturated rings. The van der Waals surface area contributed by atoms with Gasteiger partial charge < -0.3 is 15.2 Å². The maximum absolute atomic E-state index is 12.9. The highest BCUT2D eigenvalue weighted by atomic mass is 35.5. The molecule has 8 heteroatoms. The van der Waals surface area contributed by atoms with Gasteiger partial charge in [-0.2, -0.15) is 0 Å². The molecule has 1 aliphatic heterocycles. The lowest BCUT2D eigenvalue weighted by Crippen LogP contribution is -2.43. The second kappa shape index (κ2) is 9.32. The first-order valence-electron chi connectivity index (χ1n) is 7.18. The highest BCUT2D eigenvalue weighted by Crippen LogP contribution is 2.16. The van der Waals surface area contributed by atoms with Crippen molar-refractivity contribution in [1.29, 1.82) is 0 Å². The number of carbonyl (C=O) groups is 2. The average Bonchev–Trinajstić information content (AvgIpc) is 2.92. The largest absolute Gasteiger partial charge is 0.492 e. The zero-order valence-corrected chi connectivity index (χ0v) is 13.4. The van der Waals surface area contributed by atoms with Crippen molar-refractivity contribution in [2.75, 3.05) is 26.2 Å². The molecule has 2 rings (SSSR count). The Kier molecular flexibility index (Phi) is 7.77. The van der Waals surface area contributed by atoms with E-state index in [0.29, 0.717) is 18.7 Å². The Morgan fingerprint density at radius 1 is 1.43 bits per heavy atom. The Bertz CT molecular complexity index is 544. The molecular weight excluding hydrogens is 327 g/mol. The highest BCUT2D eigenvalue weighted by molar-refractivity contribution is 5.85. The van der Waals surface area contributed by atoms with E-state index in [4.69, 9.17) is 9.84 Å². The summed E-state index contributed by atoms with van der Waals surface area (Å²) in [6, 6.07) is 5.19. The van der Waals surface area contributed by atoms with Crippen molar-refractivity contribution >= 4 is 24.3 Å². The van der Waals surface area contributed by atoms with Crippen LogP contribution in [0.15, 0.2) is 24.3 Å². The molecule has 1 saturated heterocycles. The average molecular weight is 347 g/mol. The maximum atomic E-state index is 12.9. The van der Waals surface area contributed by atoms with Crippen molar-refractivity contribution in [2.45, 2.75) is 18.9 Å². The van der Waals surface area contributed by atoms with Crippen LogP contribution in [0.25, 0.3) is 0 Å². The van der Waals surface area contributed by atoms with Gasteiger partial charge in [-0.05, 0) is 31.5 Å². The lowest BCUT2D eigenvalue weighted by Gasteiger charge is -2.20. The number of hydrogen-bond acceptors (Lipinski definition) is 4. The van der Waals surface area contributed by atoms with Crippen LogP contribution in [0.2, 0.25) is 0 Å². The van der Waals surface area contributed by atoms with Crippen LogP contribution in [0.4, 0.5) is 4.39 Å². The van der Waals surface area contributed by atoms with Gasteiger partial charge in [-0.1, -0.05) is 6.07 Å². The van der Waals surface area contributed by atoms with E-state index in [9.17, 15) is 14.0 Å². The molecular formula is C15H20ClFN2O4. The fourth-order valence-electron chi connectivity index (χ4n) is 2.45. The third kappa shape index (κ3) is 6.03. The normalized spacial score (nSPS) is 17.3. The number of carbonyl (C=O) groups excluding carboxylic acids is 1. The SMILES string of the molecule is Cl.O=C(CN1CCC[C@@H]1C(=O)O)NCCOc1cccc(F)c1. The van der Waals surface area contributed by atoms with Gasteiger partial charge in [-0.15, -0.1) is 12.4 Å². The zero-order chi connectivity index (χ0) is 15.9. The molecule has 1 aromatic carbocycles. The summed E-state index contributed by atoms with van der Waals surface area (Å²) in [5.74, 6) is -1.11. The lowest BCUT2D eigenvalue weighted by atomic mass is 10.2. The Balaban J connectivity index is 0.00000264. The molecule has 1 amide bonds. The zero-order valence-electron chi connectivity index (χ0n) is 12.5. The molecule has 128 valence electrons. The molecule has 0 unspecified atom stereocenters. The van der Waals surface area contributed by atoms with Crippen molar-refractivity contribution in [1.82, 2.24) is 10.2 Å². The third-order valence-corrected chi connectivity index (χ3v) is 3.48. The predicted octanol–water partition coefficient (Wildman–Crippen LogP) is 1.29. The van der Waals surface area contributed by atoms with Crippen molar-refractivity contribution in [3.63, 3.8) is 0 Å². The number of nitrogens with one attached hydrogen (secondary N) is 1. The van der Waals surface area contributed by atoms with Crippen molar-refractivity contribution in [2.24, 2.45) is 0 Å². The van der Waals surface area contributed by atoms with E-state index in [1.165, 1.54) is 12.1 Å². The van der Waals surface area contributed by atoms with E-state index in [0.717, 1.165) is 6.42 Å². The minimum Gasteiger partial charge on any atom is -0.492 e. The smallest absolute Gasteiger partial charge is 0.320 e. The van der Waals surface area contributed by atoms with Crippen LogP contribution in [-0.4, -0.2) is 54.2 Å². The predicted molar refractivity (Wildman–Crippen MR) is 84.4 cm³/mol. The standard InChI is InChI=1S/C15H19FN2O4.ClH/c16-11-3-1-4-12(9-11)22-8-6-17-14(19)10-18-7-2-5-13(18)15(20)21;/h1,3-4,9,13H,2,5-8,10H2,(H,17,19)(H,20,21);1H/t13-;/m1./s1. The molecule has 1 atom stereocenters. The number of aliphatic carboxylic acids is 1. The molecule has 0 aliphatic carbocycles. The number of benzene rings is 1. The van der Waals surface area contributed by atoms with Crippen LogP contribution in [-0.2, 0) is 9.59 Å². The van der Waals surface area contributed by atoms with Gasteiger partial charge in [0, 0.05) is 6.07 Å². The molecule has 0 aromatic heterocycles. The van der Waals surface area contributed by atoms with E-state index >= 15 is 0 Å². The van der Waals surface area contributed by atoms with Crippen LogP contribution < -0.4 is 10.1 Å². The number of halogens is 2. The van der Waals surface area contributed by atoms with Crippen LogP contribution >= 0.6 is 12.4 Å². The van der Waals surface area contributed by atoms with Crippen LogP contribution in [0.3, 0.4) is 0 Å². The summed E-state index contributed by atoms with van der Waals surface area (Å²) in [4.78, 5) is 24.4. The van der Waals surface area contributed by atoms with Gasteiger partial charge in [0.25, 0.3) is 0 Å². The van der Waals surface area contributed by atoms with Gasteiger partial charge in [-0.25, -0.2) is 4.39 Å². The topological polar surface area (TPSA) is 78.9 Å². The number of carboxylic acid groups (broad SMARTS) is 1. The Hall–Kier alpha value is -1.86. The summed E-state index contributed by atoms with van der Waals surface area (Å²) in [7, 11) is 0. The summed E-state index contributed by atoms with van der Waals surface area (Å²) >= 11 is 0. The summed E-state index contributed by atoms with van der Waals surface area (Å²) in [5.41, 5.74) is 0. The fraction of sp³-hybridized carbons (Fsp3) is 0.467. The monoisotopic (exact) mass is 346 g/mol. The van der Waals surface area contributed by atoms with Crippen LogP contribution in [0, 0.1) is 5.82 Å². The Morgan fingerprint density at radius 2 is 2.22 bits per heavy atom. The summed E-state index contributed by atoms with van der Waals surface area (Å²) < 4.78 is 18.2. The number of hydrogen-bond donors (Lipinski definition) is 2. The van der Waals surface area contributed by atoms with Gasteiger partial charge in [0.15, 0.2) is 0 Å². The second-order valence-corrected chi connectivity index (χ2v) is 5.12. The van der Waals surface area contributed by atoms with E-state index in [-0.39, 0.29) is 43.8 Å². The summed E-state index contributed by atoms with van der Waals surface area (Å²) in [6.07, 6.45) is 1.36. The van der Waals surface area contributed by atoms with Gasteiger partial charge >= 0.3 is 5.97 Å². The molecule has 0 spiro atoms. The molecule has 0 radical (unpaired) electrons. The van der Waals surface area contributed by atoms with E-state index < -0.39 is 12.0 Å². The summed E-state index contributed by atoms with van der Waals surface area (Å²) in [5, 5.41) is 11.7. The van der Waals surface area contributed by atoms with Gasteiger partial charge in [-0.3, -0.25) is 14.5 Å². The minimum atomic E-state index is -0.889. The fourth-order valence-corrected chi connectivity index (χ4v) is 2.45. The Labute approximate surface area is 140 Å².